The molecule has 0 bridgehead atoms. The normalized spacial score (nSPS) is 11.5. The minimum atomic E-state index is -4.58. The molecular weight excluding hydrogens is 399 g/mol. The highest BCUT2D eigenvalue weighted by atomic mass is 79.9. The van der Waals surface area contributed by atoms with E-state index in [9.17, 15) is 21.6 Å². The van der Waals surface area contributed by atoms with E-state index in [1.54, 1.807) is 0 Å². The number of benzene rings is 2. The Morgan fingerprint density at radius 1 is 1.17 bits per heavy atom. The molecule has 0 saturated heterocycles. The van der Waals surface area contributed by atoms with Crippen LogP contribution in [0, 0.1) is 17.5 Å². The molecule has 2 rings (SSSR count). The van der Waals surface area contributed by atoms with Gasteiger partial charge in [-0.25, -0.2) is 25.9 Å². The SMILES string of the molecule is COCN(c1cccc(Br)c1F)S(=O)(=O)c1cc(F)ccc1F. The first-order valence-electron chi connectivity index (χ1n) is 6.19. The van der Waals surface area contributed by atoms with Crippen LogP contribution in [0.2, 0.25) is 0 Å². The molecule has 0 saturated carbocycles. The number of nitrogens with zero attached hydrogens (tertiary/aromatic N) is 1. The molecule has 2 aromatic rings. The van der Waals surface area contributed by atoms with Crippen molar-refractivity contribution in [3.63, 3.8) is 0 Å². The number of ether oxygens (including phenoxy) is 1. The van der Waals surface area contributed by atoms with E-state index in [0.29, 0.717) is 16.4 Å². The van der Waals surface area contributed by atoms with Gasteiger partial charge in [0.2, 0.25) is 0 Å². The minimum Gasteiger partial charge on any atom is -0.363 e. The maximum Gasteiger partial charge on any atom is 0.269 e. The predicted octanol–water partition coefficient (Wildman–Crippen LogP) is 3.67. The molecule has 0 radical (unpaired) electrons. The van der Waals surface area contributed by atoms with Crippen molar-refractivity contribution in [1.29, 1.82) is 0 Å². The zero-order chi connectivity index (χ0) is 17.2. The Labute approximate surface area is 139 Å². The standard InChI is InChI=1S/C14H11BrF3NO3S/c1-22-8-19(12-4-2-3-10(15)14(12)18)23(20,21)13-7-9(16)5-6-11(13)17/h2-7H,8H2,1H3. The largest absolute Gasteiger partial charge is 0.363 e. The van der Waals surface area contributed by atoms with Gasteiger partial charge in [-0.1, -0.05) is 6.07 Å². The second-order valence-electron chi connectivity index (χ2n) is 4.42. The molecule has 0 amide bonds. The van der Waals surface area contributed by atoms with E-state index in [1.807, 2.05) is 0 Å². The van der Waals surface area contributed by atoms with E-state index in [2.05, 4.69) is 15.9 Å². The number of methoxy groups -OCH3 is 1. The van der Waals surface area contributed by atoms with Gasteiger partial charge in [-0.3, -0.25) is 0 Å². The number of rotatable bonds is 5. The lowest BCUT2D eigenvalue weighted by molar-refractivity contribution is 0.209. The van der Waals surface area contributed by atoms with E-state index < -0.39 is 39.1 Å². The van der Waals surface area contributed by atoms with Crippen LogP contribution in [0.3, 0.4) is 0 Å². The summed E-state index contributed by atoms with van der Waals surface area (Å²) in [6, 6.07) is 5.97. The Hall–Kier alpha value is -1.58. The van der Waals surface area contributed by atoms with Crippen LogP contribution >= 0.6 is 15.9 Å². The van der Waals surface area contributed by atoms with Crippen molar-refractivity contribution >= 4 is 31.6 Å². The van der Waals surface area contributed by atoms with E-state index in [4.69, 9.17) is 4.74 Å². The monoisotopic (exact) mass is 409 g/mol. The van der Waals surface area contributed by atoms with Gasteiger partial charge in [0.05, 0.1) is 10.2 Å². The van der Waals surface area contributed by atoms with Crippen LogP contribution in [-0.2, 0) is 14.8 Å². The average Bonchev–Trinajstić information content (AvgIpc) is 2.50. The van der Waals surface area contributed by atoms with Crippen molar-refractivity contribution in [3.8, 4) is 0 Å². The summed E-state index contributed by atoms with van der Waals surface area (Å²) in [6.07, 6.45) is 0. The molecule has 0 aliphatic rings. The lowest BCUT2D eigenvalue weighted by Gasteiger charge is -2.24. The molecule has 0 N–H and O–H groups in total. The molecule has 0 aliphatic carbocycles. The average molecular weight is 410 g/mol. The van der Waals surface area contributed by atoms with E-state index >= 15 is 0 Å². The fourth-order valence-corrected chi connectivity index (χ4v) is 3.68. The van der Waals surface area contributed by atoms with Crippen molar-refractivity contribution in [2.45, 2.75) is 4.90 Å². The quantitative estimate of drug-likeness (QED) is 0.707. The maximum absolute atomic E-state index is 14.2. The third kappa shape index (κ3) is 3.51. The summed E-state index contributed by atoms with van der Waals surface area (Å²) in [7, 11) is -3.38. The summed E-state index contributed by atoms with van der Waals surface area (Å²) in [5.74, 6) is -2.95. The van der Waals surface area contributed by atoms with Crippen LogP contribution < -0.4 is 4.31 Å². The maximum atomic E-state index is 14.2. The smallest absolute Gasteiger partial charge is 0.269 e. The number of anilines is 1. The Morgan fingerprint density at radius 3 is 2.52 bits per heavy atom. The highest BCUT2D eigenvalue weighted by Crippen LogP contribution is 2.31. The molecular formula is C14H11BrF3NO3S. The number of hydrogen-bond donors (Lipinski definition) is 0. The molecule has 0 aliphatic heterocycles. The van der Waals surface area contributed by atoms with Gasteiger partial charge in [0.15, 0.2) is 5.82 Å². The molecule has 4 nitrogen and oxygen atoms in total. The van der Waals surface area contributed by atoms with E-state index in [0.717, 1.165) is 6.07 Å². The summed E-state index contributed by atoms with van der Waals surface area (Å²) in [5.41, 5.74) is -0.357. The third-order valence-electron chi connectivity index (χ3n) is 2.91. The van der Waals surface area contributed by atoms with E-state index in [-0.39, 0.29) is 10.2 Å². The molecule has 0 fully saturated rings. The second-order valence-corrected chi connectivity index (χ2v) is 7.10. The van der Waals surface area contributed by atoms with Crippen LogP contribution in [0.1, 0.15) is 0 Å². The summed E-state index contributed by atoms with van der Waals surface area (Å²) in [5, 5.41) is 0. The number of halogens is 4. The fourth-order valence-electron chi connectivity index (χ4n) is 1.86. The Morgan fingerprint density at radius 2 is 1.87 bits per heavy atom. The highest BCUT2D eigenvalue weighted by molar-refractivity contribution is 9.10. The lowest BCUT2D eigenvalue weighted by atomic mass is 10.3. The third-order valence-corrected chi connectivity index (χ3v) is 5.27. The molecule has 9 heteroatoms. The van der Waals surface area contributed by atoms with Gasteiger partial charge in [0.1, 0.15) is 23.3 Å². The van der Waals surface area contributed by atoms with Gasteiger partial charge in [-0.15, -0.1) is 0 Å². The topological polar surface area (TPSA) is 46.6 Å². The van der Waals surface area contributed by atoms with Crippen LogP contribution in [-0.4, -0.2) is 22.3 Å². The van der Waals surface area contributed by atoms with Gasteiger partial charge in [0.25, 0.3) is 10.0 Å². The van der Waals surface area contributed by atoms with Crippen molar-refractivity contribution in [2.24, 2.45) is 0 Å². The summed E-state index contributed by atoms with van der Waals surface area (Å²) < 4.78 is 71.9. The van der Waals surface area contributed by atoms with E-state index in [1.165, 1.54) is 25.3 Å². The molecule has 0 unspecified atom stereocenters. The van der Waals surface area contributed by atoms with Gasteiger partial charge in [-0.05, 0) is 46.3 Å². The van der Waals surface area contributed by atoms with Gasteiger partial charge < -0.3 is 4.74 Å². The fraction of sp³-hybridized carbons (Fsp3) is 0.143. The number of sulfonamides is 1. The molecule has 124 valence electrons. The summed E-state index contributed by atoms with van der Waals surface area (Å²) in [6.45, 7) is -0.578. The van der Waals surface area contributed by atoms with Crippen LogP contribution in [0.25, 0.3) is 0 Å². The van der Waals surface area contributed by atoms with Gasteiger partial charge >= 0.3 is 0 Å². The second kappa shape index (κ2) is 6.90. The van der Waals surface area contributed by atoms with Crippen molar-refractivity contribution in [1.82, 2.24) is 0 Å². The van der Waals surface area contributed by atoms with Crippen LogP contribution in [0.4, 0.5) is 18.9 Å². The van der Waals surface area contributed by atoms with Gasteiger partial charge in [-0.2, -0.15) is 0 Å². The Balaban J connectivity index is 2.65. The Kier molecular flexibility index (Phi) is 5.33. The molecule has 0 atom stereocenters. The first-order chi connectivity index (χ1) is 10.8. The minimum absolute atomic E-state index is 0.0195. The summed E-state index contributed by atoms with van der Waals surface area (Å²) in [4.78, 5) is -0.908. The van der Waals surface area contributed by atoms with Crippen molar-refractivity contribution in [3.05, 3.63) is 58.3 Å². The number of hydrogen-bond acceptors (Lipinski definition) is 3. The molecule has 0 spiro atoms. The highest BCUT2D eigenvalue weighted by Gasteiger charge is 2.30. The van der Waals surface area contributed by atoms with Crippen LogP contribution in [0.5, 0.6) is 0 Å². The lowest BCUT2D eigenvalue weighted by Crippen LogP contribution is -2.34. The zero-order valence-electron chi connectivity index (χ0n) is 11.8. The first-order valence-corrected chi connectivity index (χ1v) is 8.43. The molecule has 2 aromatic carbocycles. The molecule has 23 heavy (non-hydrogen) atoms. The van der Waals surface area contributed by atoms with Gasteiger partial charge in [0, 0.05) is 7.11 Å². The van der Waals surface area contributed by atoms with Crippen molar-refractivity contribution < 1.29 is 26.3 Å². The predicted molar refractivity (Wildman–Crippen MR) is 82.0 cm³/mol. The summed E-state index contributed by atoms with van der Waals surface area (Å²) >= 11 is 2.94. The Bertz CT molecular complexity index is 830. The first kappa shape index (κ1) is 17.8. The molecule has 0 aromatic heterocycles. The molecule has 0 heterocycles. The van der Waals surface area contributed by atoms with Crippen molar-refractivity contribution in [2.75, 3.05) is 18.1 Å². The van der Waals surface area contributed by atoms with Crippen LogP contribution in [0.15, 0.2) is 45.8 Å². The zero-order valence-corrected chi connectivity index (χ0v) is 14.2.